The molecule has 3 N–H and O–H groups in total. The Balaban J connectivity index is 1.40. The van der Waals surface area contributed by atoms with E-state index in [9.17, 15) is 19.5 Å². The van der Waals surface area contributed by atoms with E-state index in [1.165, 1.54) is 4.90 Å². The summed E-state index contributed by atoms with van der Waals surface area (Å²) in [6, 6.07) is 21.9. The van der Waals surface area contributed by atoms with Crippen LogP contribution in [0.3, 0.4) is 0 Å². The molecule has 36 heavy (non-hydrogen) atoms. The number of rotatable bonds is 5. The number of nitrogens with one attached hydrogen (secondary N) is 2. The molecule has 0 aromatic heterocycles. The largest absolute Gasteiger partial charge is 0.508 e. The lowest BCUT2D eigenvalue weighted by atomic mass is 9.76. The molecule has 1 spiro atoms. The van der Waals surface area contributed by atoms with Gasteiger partial charge in [-0.05, 0) is 49.1 Å². The van der Waals surface area contributed by atoms with Crippen LogP contribution in [0.25, 0.3) is 0 Å². The molecule has 7 nitrogen and oxygen atoms in total. The molecular weight excluding hydrogens is 454 g/mol. The summed E-state index contributed by atoms with van der Waals surface area (Å²) >= 11 is 0. The fourth-order valence-corrected chi connectivity index (χ4v) is 6.14. The number of benzene rings is 3. The summed E-state index contributed by atoms with van der Waals surface area (Å²) < 4.78 is 0. The standard InChI is InChI=1S/C29H27N3O4/c1-17-7-12-22-21(15-17)29(28(36)30-22)25-24(23(31-29)16-19-8-10-20(33)11-9-19)26(34)32(27(25)35)14-13-18-5-3-2-4-6-18/h2-12,15,23-25,31,33H,13-14,16H2,1H3,(H,30,36)/t23-,24+,25+,29-/m0/s1. The fraction of sp³-hybridized carbons (Fsp3) is 0.276. The van der Waals surface area contributed by atoms with Crippen molar-refractivity contribution >= 4 is 23.4 Å². The van der Waals surface area contributed by atoms with Crippen molar-refractivity contribution in [1.29, 1.82) is 0 Å². The van der Waals surface area contributed by atoms with E-state index >= 15 is 0 Å². The molecule has 182 valence electrons. The van der Waals surface area contributed by atoms with E-state index in [-0.39, 0.29) is 30.0 Å². The highest BCUT2D eigenvalue weighted by Crippen LogP contribution is 2.53. The molecule has 3 amide bonds. The van der Waals surface area contributed by atoms with Crippen LogP contribution in [-0.4, -0.2) is 40.3 Å². The summed E-state index contributed by atoms with van der Waals surface area (Å²) in [5.41, 5.74) is 3.02. The Labute approximate surface area is 209 Å². The summed E-state index contributed by atoms with van der Waals surface area (Å²) in [7, 11) is 0. The molecule has 0 radical (unpaired) electrons. The van der Waals surface area contributed by atoms with Gasteiger partial charge in [0.2, 0.25) is 17.7 Å². The Kier molecular flexibility index (Phi) is 5.19. The number of fused-ring (bicyclic) bond motifs is 4. The first-order chi connectivity index (χ1) is 17.4. The zero-order valence-corrected chi connectivity index (χ0v) is 19.9. The third-order valence-electron chi connectivity index (χ3n) is 7.82. The topological polar surface area (TPSA) is 98.7 Å². The normalized spacial score (nSPS) is 26.4. The van der Waals surface area contributed by atoms with Gasteiger partial charge in [-0.15, -0.1) is 0 Å². The molecular formula is C29H27N3O4. The van der Waals surface area contributed by atoms with E-state index in [1.807, 2.05) is 55.5 Å². The number of hydrogen-bond acceptors (Lipinski definition) is 5. The van der Waals surface area contributed by atoms with Gasteiger partial charge in [0.25, 0.3) is 0 Å². The van der Waals surface area contributed by atoms with Gasteiger partial charge in [-0.1, -0.05) is 60.2 Å². The predicted octanol–water partition coefficient (Wildman–Crippen LogP) is 2.91. The number of phenols is 1. The van der Waals surface area contributed by atoms with E-state index in [0.717, 1.165) is 22.3 Å². The Bertz CT molecular complexity index is 1370. The van der Waals surface area contributed by atoms with Gasteiger partial charge < -0.3 is 10.4 Å². The number of hydrogen-bond donors (Lipinski definition) is 3. The first-order valence-corrected chi connectivity index (χ1v) is 12.3. The quantitative estimate of drug-likeness (QED) is 0.487. The number of imide groups is 1. The number of carbonyl (C=O) groups is 3. The van der Waals surface area contributed by atoms with Crippen LogP contribution in [0.4, 0.5) is 5.69 Å². The minimum absolute atomic E-state index is 0.159. The summed E-state index contributed by atoms with van der Waals surface area (Å²) in [4.78, 5) is 42.7. The Hall–Kier alpha value is -3.97. The summed E-state index contributed by atoms with van der Waals surface area (Å²) in [5, 5.41) is 16.1. The van der Waals surface area contributed by atoms with Crippen molar-refractivity contribution in [1.82, 2.24) is 10.2 Å². The molecule has 0 bridgehead atoms. The Morgan fingerprint density at radius 2 is 1.67 bits per heavy atom. The average Bonchev–Trinajstić information content (AvgIpc) is 3.44. The monoisotopic (exact) mass is 481 g/mol. The molecule has 4 atom stereocenters. The molecule has 3 aliphatic heterocycles. The van der Waals surface area contributed by atoms with Crippen LogP contribution in [0, 0.1) is 18.8 Å². The maximum absolute atomic E-state index is 13.9. The van der Waals surface area contributed by atoms with E-state index in [4.69, 9.17) is 0 Å². The molecule has 7 heteroatoms. The van der Waals surface area contributed by atoms with Crippen LogP contribution in [-0.2, 0) is 32.8 Å². The maximum atomic E-state index is 13.9. The van der Waals surface area contributed by atoms with Gasteiger partial charge in [0, 0.05) is 23.8 Å². The van der Waals surface area contributed by atoms with E-state index in [1.54, 1.807) is 24.3 Å². The lowest BCUT2D eigenvalue weighted by molar-refractivity contribution is -0.142. The summed E-state index contributed by atoms with van der Waals surface area (Å²) in [6.45, 7) is 2.23. The highest BCUT2D eigenvalue weighted by atomic mass is 16.3. The molecule has 0 aliphatic carbocycles. The van der Waals surface area contributed by atoms with Crippen molar-refractivity contribution in [2.24, 2.45) is 11.8 Å². The van der Waals surface area contributed by atoms with E-state index in [2.05, 4.69) is 10.6 Å². The molecule has 3 aliphatic rings. The van der Waals surface area contributed by atoms with E-state index in [0.29, 0.717) is 18.5 Å². The molecule has 0 saturated carbocycles. The number of anilines is 1. The number of likely N-dealkylation sites (tertiary alicyclic amines) is 1. The second kappa shape index (κ2) is 8.31. The van der Waals surface area contributed by atoms with Crippen LogP contribution >= 0.6 is 0 Å². The zero-order valence-electron chi connectivity index (χ0n) is 19.9. The highest BCUT2D eigenvalue weighted by Gasteiger charge is 2.70. The number of amides is 3. The third kappa shape index (κ3) is 3.34. The van der Waals surface area contributed by atoms with Crippen LogP contribution in [0.15, 0.2) is 72.8 Å². The van der Waals surface area contributed by atoms with Crippen molar-refractivity contribution in [3.8, 4) is 5.75 Å². The van der Waals surface area contributed by atoms with Gasteiger partial charge in [-0.2, -0.15) is 0 Å². The van der Waals surface area contributed by atoms with Crippen LogP contribution in [0.1, 0.15) is 22.3 Å². The minimum atomic E-state index is -1.30. The Morgan fingerprint density at radius 3 is 2.42 bits per heavy atom. The third-order valence-corrected chi connectivity index (χ3v) is 7.82. The van der Waals surface area contributed by atoms with Gasteiger partial charge in [-0.3, -0.25) is 24.6 Å². The summed E-state index contributed by atoms with van der Waals surface area (Å²) in [5.74, 6) is -2.16. The first kappa shape index (κ1) is 22.5. The second-order valence-electron chi connectivity index (χ2n) is 10.00. The Morgan fingerprint density at radius 1 is 0.917 bits per heavy atom. The maximum Gasteiger partial charge on any atom is 0.250 e. The highest BCUT2D eigenvalue weighted by molar-refractivity contribution is 6.15. The van der Waals surface area contributed by atoms with Gasteiger partial charge >= 0.3 is 0 Å². The van der Waals surface area contributed by atoms with Gasteiger partial charge in [0.15, 0.2) is 0 Å². The van der Waals surface area contributed by atoms with Gasteiger partial charge in [0.1, 0.15) is 11.3 Å². The van der Waals surface area contributed by atoms with Crippen LogP contribution in [0.5, 0.6) is 5.75 Å². The molecule has 6 rings (SSSR count). The smallest absolute Gasteiger partial charge is 0.250 e. The number of aromatic hydroxyl groups is 1. The van der Waals surface area contributed by atoms with E-state index < -0.39 is 23.4 Å². The molecule has 0 unspecified atom stereocenters. The number of carbonyl (C=O) groups excluding carboxylic acids is 3. The lowest BCUT2D eigenvalue weighted by Gasteiger charge is -2.29. The molecule has 3 aromatic carbocycles. The molecule has 2 saturated heterocycles. The average molecular weight is 482 g/mol. The van der Waals surface area contributed by atoms with Crippen molar-refractivity contribution in [2.45, 2.75) is 31.3 Å². The first-order valence-electron chi connectivity index (χ1n) is 12.3. The van der Waals surface area contributed by atoms with Crippen LogP contribution < -0.4 is 10.6 Å². The lowest BCUT2D eigenvalue weighted by Crippen LogP contribution is -2.53. The van der Waals surface area contributed by atoms with Crippen molar-refractivity contribution < 1.29 is 19.5 Å². The fourth-order valence-electron chi connectivity index (χ4n) is 6.14. The molecule has 2 fully saturated rings. The molecule has 3 heterocycles. The molecule has 3 aromatic rings. The predicted molar refractivity (Wildman–Crippen MR) is 134 cm³/mol. The number of nitrogens with zero attached hydrogens (tertiary/aromatic N) is 1. The summed E-state index contributed by atoms with van der Waals surface area (Å²) in [6.07, 6.45) is 1.01. The van der Waals surface area contributed by atoms with Gasteiger partial charge in [-0.25, -0.2) is 0 Å². The SMILES string of the molecule is Cc1ccc2c(c1)[C@@]1(N[C@@H](Cc3ccc(O)cc3)[C@H]3C(=O)N(CCc4ccccc4)C(=O)[C@@H]31)C(=O)N2. The van der Waals surface area contributed by atoms with Crippen LogP contribution in [0.2, 0.25) is 0 Å². The van der Waals surface area contributed by atoms with Crippen molar-refractivity contribution in [3.63, 3.8) is 0 Å². The number of phenolic OH excluding ortho intramolecular Hbond substituents is 1. The minimum Gasteiger partial charge on any atom is -0.508 e. The van der Waals surface area contributed by atoms with Crippen molar-refractivity contribution in [3.05, 3.63) is 95.1 Å². The zero-order chi connectivity index (χ0) is 25.0. The second-order valence-corrected chi connectivity index (χ2v) is 10.00. The van der Waals surface area contributed by atoms with Gasteiger partial charge in [0.05, 0.1) is 11.8 Å². The van der Waals surface area contributed by atoms with Crippen molar-refractivity contribution in [2.75, 3.05) is 11.9 Å². The number of aryl methyl sites for hydroxylation is 1.